The fraction of sp³-hybridized carbons (Fsp3) is 0.333. The van der Waals surface area contributed by atoms with Gasteiger partial charge in [0.1, 0.15) is 0 Å². The van der Waals surface area contributed by atoms with E-state index in [2.05, 4.69) is 5.32 Å². The minimum absolute atomic E-state index is 0.0635. The molecule has 0 saturated heterocycles. The van der Waals surface area contributed by atoms with Gasteiger partial charge in [-0.05, 0) is 62.6 Å². The number of urea groups is 2. The first-order chi connectivity index (χ1) is 18.3. The van der Waals surface area contributed by atoms with Crippen LogP contribution in [-0.4, -0.2) is 39.3 Å². The monoisotopic (exact) mass is 558 g/mol. The lowest BCUT2D eigenvalue weighted by atomic mass is 9.83. The fourth-order valence-corrected chi connectivity index (χ4v) is 5.64. The van der Waals surface area contributed by atoms with Crippen LogP contribution in [0.2, 0.25) is 0 Å². The summed E-state index contributed by atoms with van der Waals surface area (Å²) in [6.07, 6.45) is -2.67. The summed E-state index contributed by atoms with van der Waals surface area (Å²) in [5.74, 6) is -0.384. The van der Waals surface area contributed by atoms with Gasteiger partial charge in [-0.3, -0.25) is 13.9 Å². The zero-order valence-electron chi connectivity index (χ0n) is 21.3. The van der Waals surface area contributed by atoms with Crippen molar-refractivity contribution in [3.8, 4) is 6.07 Å². The first-order valence-electron chi connectivity index (χ1n) is 12.1. The summed E-state index contributed by atoms with van der Waals surface area (Å²) >= 11 is 0. The van der Waals surface area contributed by atoms with Crippen LogP contribution in [0.5, 0.6) is 0 Å². The smallest absolute Gasteiger partial charge is 0.335 e. The summed E-state index contributed by atoms with van der Waals surface area (Å²) in [5, 5.41) is 12.0. The van der Waals surface area contributed by atoms with Crippen LogP contribution in [0.1, 0.15) is 55.8 Å². The van der Waals surface area contributed by atoms with Crippen molar-refractivity contribution in [3.63, 3.8) is 0 Å². The molecule has 0 fully saturated rings. The standard InChI is InChI=1S/C27H25F3N4O4S/c1-15(2)32-25(36)34-24(19-11-10-16(14-31)12-22(19)39(3)38)23-20(8-5-9-21(23)35)33(26(34)37)18-7-4-6-17(13-18)27(28,29)30/h4,6-7,10-13,15,24H,5,8-9H2,1-3H3,(H,32,36)/t24-,39?/m1/s1. The highest BCUT2D eigenvalue weighted by Crippen LogP contribution is 2.46. The number of imide groups is 1. The maximum Gasteiger partial charge on any atom is 0.416 e. The minimum atomic E-state index is -4.69. The molecule has 8 nitrogen and oxygen atoms in total. The van der Waals surface area contributed by atoms with E-state index in [4.69, 9.17) is 0 Å². The number of rotatable bonds is 4. The van der Waals surface area contributed by atoms with Crippen molar-refractivity contribution in [3.05, 3.63) is 70.4 Å². The Balaban J connectivity index is 2.04. The topological polar surface area (TPSA) is 111 Å². The Morgan fingerprint density at radius 3 is 2.49 bits per heavy atom. The highest BCUT2D eigenvalue weighted by molar-refractivity contribution is 7.84. The van der Waals surface area contributed by atoms with Gasteiger partial charge in [0.05, 0.1) is 39.7 Å². The average Bonchev–Trinajstić information content (AvgIpc) is 2.86. The Morgan fingerprint density at radius 1 is 1.15 bits per heavy atom. The average molecular weight is 559 g/mol. The van der Waals surface area contributed by atoms with Crippen molar-refractivity contribution in [2.24, 2.45) is 0 Å². The van der Waals surface area contributed by atoms with Crippen LogP contribution in [0.15, 0.2) is 58.6 Å². The summed E-state index contributed by atoms with van der Waals surface area (Å²) in [6.45, 7) is 3.33. The number of Topliss-reactive ketones (excluding diaryl/α,β-unsaturated/α-hetero) is 1. The molecule has 2 atom stereocenters. The number of alkyl halides is 3. The molecule has 204 valence electrons. The number of hydrogen-bond acceptors (Lipinski definition) is 5. The molecule has 0 bridgehead atoms. The Kier molecular flexibility index (Phi) is 7.66. The van der Waals surface area contributed by atoms with Crippen molar-refractivity contribution in [2.45, 2.75) is 56.3 Å². The number of hydrogen-bond donors (Lipinski definition) is 1. The highest BCUT2D eigenvalue weighted by Gasteiger charge is 2.48. The lowest BCUT2D eigenvalue weighted by Gasteiger charge is -2.44. The minimum Gasteiger partial charge on any atom is -0.335 e. The molecule has 0 aromatic heterocycles. The predicted octanol–water partition coefficient (Wildman–Crippen LogP) is 5.42. The third kappa shape index (κ3) is 5.31. The van der Waals surface area contributed by atoms with E-state index < -0.39 is 46.7 Å². The number of ketones is 1. The first-order valence-corrected chi connectivity index (χ1v) is 13.7. The van der Waals surface area contributed by atoms with E-state index in [9.17, 15) is 37.0 Å². The molecule has 2 aliphatic rings. The molecule has 1 unspecified atom stereocenters. The van der Waals surface area contributed by atoms with E-state index in [1.165, 1.54) is 30.5 Å². The molecule has 4 amide bonds. The molecular formula is C27H25F3N4O4S. The van der Waals surface area contributed by atoms with Crippen molar-refractivity contribution in [1.82, 2.24) is 10.2 Å². The normalized spacial score (nSPS) is 18.7. The number of benzene rings is 2. The molecule has 12 heteroatoms. The van der Waals surface area contributed by atoms with Gasteiger partial charge in [0.15, 0.2) is 5.78 Å². The Morgan fingerprint density at radius 2 is 1.87 bits per heavy atom. The number of nitrogens with zero attached hydrogens (tertiary/aromatic N) is 3. The molecule has 39 heavy (non-hydrogen) atoms. The maximum absolute atomic E-state index is 14.1. The molecule has 1 heterocycles. The van der Waals surface area contributed by atoms with E-state index in [0.29, 0.717) is 6.42 Å². The molecule has 0 radical (unpaired) electrons. The molecule has 4 rings (SSSR count). The second-order valence-corrected chi connectivity index (χ2v) is 10.8. The summed E-state index contributed by atoms with van der Waals surface area (Å²) < 4.78 is 53.4. The van der Waals surface area contributed by atoms with Crippen LogP contribution in [0.4, 0.5) is 28.4 Å². The van der Waals surface area contributed by atoms with Gasteiger partial charge in [-0.2, -0.15) is 18.4 Å². The number of anilines is 1. The number of halogens is 3. The van der Waals surface area contributed by atoms with Gasteiger partial charge in [0, 0.05) is 34.9 Å². The van der Waals surface area contributed by atoms with Gasteiger partial charge in [-0.1, -0.05) is 12.1 Å². The first kappa shape index (κ1) is 28.0. The number of carbonyl (C=O) groups is 3. The van der Waals surface area contributed by atoms with E-state index in [0.717, 1.165) is 28.0 Å². The molecule has 1 N–H and O–H groups in total. The quantitative estimate of drug-likeness (QED) is 0.539. The van der Waals surface area contributed by atoms with Crippen LogP contribution in [0.25, 0.3) is 0 Å². The van der Waals surface area contributed by atoms with Gasteiger partial charge in [0.25, 0.3) is 0 Å². The Labute approximate surface area is 225 Å². The van der Waals surface area contributed by atoms with Gasteiger partial charge >= 0.3 is 18.2 Å². The maximum atomic E-state index is 14.1. The summed E-state index contributed by atoms with van der Waals surface area (Å²) in [4.78, 5) is 43.0. The molecule has 2 aromatic carbocycles. The van der Waals surface area contributed by atoms with E-state index in [1.54, 1.807) is 13.8 Å². The van der Waals surface area contributed by atoms with Crippen molar-refractivity contribution in [1.29, 1.82) is 5.26 Å². The Hall–Kier alpha value is -3.98. The third-order valence-corrected chi connectivity index (χ3v) is 7.41. The molecular weight excluding hydrogens is 533 g/mol. The summed E-state index contributed by atoms with van der Waals surface area (Å²) in [7, 11) is -1.68. The number of carbonyl (C=O) groups excluding carboxylic acids is 3. The van der Waals surface area contributed by atoms with Crippen LogP contribution >= 0.6 is 0 Å². The van der Waals surface area contributed by atoms with Crippen LogP contribution in [0, 0.1) is 11.3 Å². The van der Waals surface area contributed by atoms with Gasteiger partial charge in [-0.15, -0.1) is 0 Å². The number of nitrogens with one attached hydrogen (secondary N) is 1. The molecule has 2 aromatic rings. The number of allylic oxidation sites excluding steroid dienone is 1. The molecule has 1 aliphatic heterocycles. The van der Waals surface area contributed by atoms with E-state index in [-0.39, 0.29) is 51.6 Å². The second kappa shape index (κ2) is 10.6. The SMILES string of the molecule is CC(C)NC(=O)N1C(=O)N(c2cccc(C(F)(F)F)c2)C2=C(C(=O)CCC2)[C@H]1c1ccc(C#N)cc1S(C)=O. The largest absolute Gasteiger partial charge is 0.416 e. The van der Waals surface area contributed by atoms with Gasteiger partial charge in [-0.25, -0.2) is 14.5 Å². The Bertz CT molecular complexity index is 1460. The fourth-order valence-electron chi connectivity index (χ4n) is 4.83. The number of amides is 4. The van der Waals surface area contributed by atoms with E-state index >= 15 is 0 Å². The third-order valence-electron chi connectivity index (χ3n) is 6.44. The summed E-state index contributed by atoms with van der Waals surface area (Å²) in [6, 6.07) is 6.79. The number of nitriles is 1. The van der Waals surface area contributed by atoms with Crippen molar-refractivity contribution >= 4 is 34.3 Å². The van der Waals surface area contributed by atoms with Crippen LogP contribution < -0.4 is 10.2 Å². The van der Waals surface area contributed by atoms with Crippen LogP contribution in [-0.2, 0) is 21.8 Å². The molecule has 0 saturated carbocycles. The van der Waals surface area contributed by atoms with E-state index in [1.807, 2.05) is 6.07 Å². The molecule has 1 aliphatic carbocycles. The zero-order chi connectivity index (χ0) is 28.6. The lowest BCUT2D eigenvalue weighted by Crippen LogP contribution is -2.57. The second-order valence-electron chi connectivity index (χ2n) is 9.50. The molecule has 0 spiro atoms. The summed E-state index contributed by atoms with van der Waals surface area (Å²) in [5.41, 5.74) is -0.474. The van der Waals surface area contributed by atoms with Gasteiger partial charge in [0.2, 0.25) is 0 Å². The van der Waals surface area contributed by atoms with Crippen LogP contribution in [0.3, 0.4) is 0 Å². The van der Waals surface area contributed by atoms with Crippen molar-refractivity contribution < 1.29 is 31.8 Å². The lowest BCUT2D eigenvalue weighted by molar-refractivity contribution is -0.137. The van der Waals surface area contributed by atoms with Crippen molar-refractivity contribution in [2.75, 3.05) is 11.2 Å². The van der Waals surface area contributed by atoms with Gasteiger partial charge < -0.3 is 5.32 Å². The zero-order valence-corrected chi connectivity index (χ0v) is 22.2. The predicted molar refractivity (Wildman–Crippen MR) is 137 cm³/mol. The highest BCUT2D eigenvalue weighted by atomic mass is 32.2.